The summed E-state index contributed by atoms with van der Waals surface area (Å²) < 4.78 is 6.53. The minimum atomic E-state index is -0.295. The van der Waals surface area contributed by atoms with E-state index in [2.05, 4.69) is 10.4 Å². The first-order chi connectivity index (χ1) is 8.59. The summed E-state index contributed by atoms with van der Waals surface area (Å²) in [5.74, 6) is 0.763. The van der Waals surface area contributed by atoms with Crippen LogP contribution in [0, 0.1) is 0 Å². The standard InChI is InChI=1S/C12H14ClN3O2/c1-8(2)16-12(17)11(13)10(7-15-16)14-6-9-4-3-5-18-9/h3-5,7-8,14H,6H2,1-2H3. The first kappa shape index (κ1) is 12.7. The Morgan fingerprint density at radius 1 is 1.56 bits per heavy atom. The normalized spacial score (nSPS) is 10.9. The Morgan fingerprint density at radius 3 is 2.94 bits per heavy atom. The molecule has 0 aliphatic carbocycles. The van der Waals surface area contributed by atoms with Crippen molar-refractivity contribution in [3.05, 3.63) is 45.7 Å². The fourth-order valence-corrected chi connectivity index (χ4v) is 1.73. The van der Waals surface area contributed by atoms with Crippen molar-refractivity contribution in [1.29, 1.82) is 0 Å². The van der Waals surface area contributed by atoms with Crippen molar-refractivity contribution in [3.63, 3.8) is 0 Å². The van der Waals surface area contributed by atoms with Crippen LogP contribution in [0.4, 0.5) is 5.69 Å². The van der Waals surface area contributed by atoms with Gasteiger partial charge in [-0.15, -0.1) is 0 Å². The van der Waals surface area contributed by atoms with Gasteiger partial charge in [-0.3, -0.25) is 4.79 Å². The Balaban J connectivity index is 2.20. The van der Waals surface area contributed by atoms with Gasteiger partial charge in [-0.2, -0.15) is 5.10 Å². The summed E-state index contributed by atoms with van der Waals surface area (Å²) in [4.78, 5) is 11.9. The van der Waals surface area contributed by atoms with Gasteiger partial charge < -0.3 is 9.73 Å². The number of hydrogen-bond donors (Lipinski definition) is 1. The Bertz CT molecular complexity index is 576. The van der Waals surface area contributed by atoms with Gasteiger partial charge in [0.15, 0.2) is 0 Å². The SMILES string of the molecule is CC(C)n1ncc(NCc2ccco2)c(Cl)c1=O. The highest BCUT2D eigenvalue weighted by atomic mass is 35.5. The molecule has 2 aromatic rings. The summed E-state index contributed by atoms with van der Waals surface area (Å²) in [5, 5.41) is 7.23. The van der Waals surface area contributed by atoms with E-state index in [0.717, 1.165) is 5.76 Å². The van der Waals surface area contributed by atoms with Crippen LogP contribution >= 0.6 is 11.6 Å². The highest BCUT2D eigenvalue weighted by molar-refractivity contribution is 6.32. The number of nitrogens with one attached hydrogen (secondary N) is 1. The van der Waals surface area contributed by atoms with Gasteiger partial charge in [0.1, 0.15) is 10.8 Å². The van der Waals surface area contributed by atoms with Gasteiger partial charge in [0.25, 0.3) is 5.56 Å². The van der Waals surface area contributed by atoms with Crippen LogP contribution in [-0.4, -0.2) is 9.78 Å². The number of anilines is 1. The van der Waals surface area contributed by atoms with Crippen LogP contribution < -0.4 is 10.9 Å². The van der Waals surface area contributed by atoms with E-state index in [1.807, 2.05) is 19.9 Å². The van der Waals surface area contributed by atoms with Gasteiger partial charge in [0.2, 0.25) is 0 Å². The van der Waals surface area contributed by atoms with Crippen molar-refractivity contribution in [1.82, 2.24) is 9.78 Å². The highest BCUT2D eigenvalue weighted by Gasteiger charge is 2.11. The van der Waals surface area contributed by atoms with Crippen molar-refractivity contribution in [3.8, 4) is 0 Å². The summed E-state index contributed by atoms with van der Waals surface area (Å²) in [6.07, 6.45) is 3.14. The molecule has 2 rings (SSSR count). The molecule has 18 heavy (non-hydrogen) atoms. The van der Waals surface area contributed by atoms with Crippen LogP contribution in [0.2, 0.25) is 5.02 Å². The molecule has 2 heterocycles. The van der Waals surface area contributed by atoms with E-state index in [9.17, 15) is 4.79 Å². The molecule has 0 saturated carbocycles. The fourth-order valence-electron chi connectivity index (χ4n) is 1.53. The maximum Gasteiger partial charge on any atom is 0.287 e. The number of halogens is 1. The lowest BCUT2D eigenvalue weighted by Crippen LogP contribution is -2.25. The average Bonchev–Trinajstić information content (AvgIpc) is 2.83. The molecule has 0 amide bonds. The summed E-state index contributed by atoms with van der Waals surface area (Å²) in [6.45, 7) is 4.21. The maximum absolute atomic E-state index is 11.9. The van der Waals surface area contributed by atoms with Crippen LogP contribution in [0.3, 0.4) is 0 Å². The van der Waals surface area contributed by atoms with Gasteiger partial charge in [0, 0.05) is 0 Å². The maximum atomic E-state index is 11.9. The van der Waals surface area contributed by atoms with Gasteiger partial charge in [-0.1, -0.05) is 11.6 Å². The molecule has 0 aliphatic rings. The van der Waals surface area contributed by atoms with Crippen molar-refractivity contribution in [2.75, 3.05) is 5.32 Å². The second-order valence-corrected chi connectivity index (χ2v) is 4.53. The minimum Gasteiger partial charge on any atom is -0.467 e. The molecule has 0 fully saturated rings. The van der Waals surface area contributed by atoms with E-state index >= 15 is 0 Å². The predicted molar refractivity (Wildman–Crippen MR) is 69.9 cm³/mol. The molecule has 1 N–H and O–H groups in total. The van der Waals surface area contributed by atoms with Crippen molar-refractivity contribution in [2.24, 2.45) is 0 Å². The van der Waals surface area contributed by atoms with Crippen molar-refractivity contribution in [2.45, 2.75) is 26.4 Å². The number of nitrogens with zero attached hydrogens (tertiary/aromatic N) is 2. The van der Waals surface area contributed by atoms with E-state index in [1.165, 1.54) is 4.68 Å². The molecule has 0 aliphatic heterocycles. The third-order valence-corrected chi connectivity index (χ3v) is 2.83. The van der Waals surface area contributed by atoms with Crippen LogP contribution in [-0.2, 0) is 6.54 Å². The van der Waals surface area contributed by atoms with Gasteiger partial charge in [0.05, 0.1) is 30.7 Å². The van der Waals surface area contributed by atoms with Gasteiger partial charge in [-0.25, -0.2) is 4.68 Å². The zero-order chi connectivity index (χ0) is 13.1. The quantitative estimate of drug-likeness (QED) is 0.925. The van der Waals surface area contributed by atoms with Gasteiger partial charge >= 0.3 is 0 Å². The van der Waals surface area contributed by atoms with E-state index < -0.39 is 0 Å². The molecule has 0 aromatic carbocycles. The van der Waals surface area contributed by atoms with E-state index in [1.54, 1.807) is 18.5 Å². The zero-order valence-electron chi connectivity index (χ0n) is 10.2. The topological polar surface area (TPSA) is 60.1 Å². The molecule has 0 unspecified atom stereocenters. The molecule has 0 spiro atoms. The van der Waals surface area contributed by atoms with Gasteiger partial charge in [-0.05, 0) is 26.0 Å². The van der Waals surface area contributed by atoms with E-state index in [-0.39, 0.29) is 16.6 Å². The zero-order valence-corrected chi connectivity index (χ0v) is 10.9. The molecule has 0 saturated heterocycles. The summed E-state index contributed by atoms with van der Waals surface area (Å²) >= 11 is 6.02. The third kappa shape index (κ3) is 2.56. The summed E-state index contributed by atoms with van der Waals surface area (Å²) in [5.41, 5.74) is 0.214. The second-order valence-electron chi connectivity index (χ2n) is 4.15. The molecule has 0 atom stereocenters. The number of aromatic nitrogens is 2. The average molecular weight is 268 g/mol. The Kier molecular flexibility index (Phi) is 3.72. The molecule has 0 radical (unpaired) electrons. The predicted octanol–water partition coefficient (Wildman–Crippen LogP) is 2.68. The smallest absolute Gasteiger partial charge is 0.287 e. The Labute approximate surface area is 109 Å². The molecule has 2 aromatic heterocycles. The number of furan rings is 1. The Hall–Kier alpha value is -1.75. The fraction of sp³-hybridized carbons (Fsp3) is 0.333. The number of hydrogen-bond acceptors (Lipinski definition) is 4. The summed E-state index contributed by atoms with van der Waals surface area (Å²) in [7, 11) is 0. The lowest BCUT2D eigenvalue weighted by molar-refractivity contribution is 0.502. The monoisotopic (exact) mass is 267 g/mol. The van der Waals surface area contributed by atoms with Crippen LogP contribution in [0.15, 0.2) is 33.8 Å². The lowest BCUT2D eigenvalue weighted by atomic mass is 10.3. The van der Waals surface area contributed by atoms with Crippen LogP contribution in [0.1, 0.15) is 25.6 Å². The Morgan fingerprint density at radius 2 is 2.33 bits per heavy atom. The summed E-state index contributed by atoms with van der Waals surface area (Å²) in [6, 6.07) is 3.62. The molecule has 96 valence electrons. The van der Waals surface area contributed by atoms with Crippen molar-refractivity contribution >= 4 is 17.3 Å². The molecule has 0 bridgehead atoms. The lowest BCUT2D eigenvalue weighted by Gasteiger charge is -2.11. The first-order valence-electron chi connectivity index (χ1n) is 5.63. The molecular formula is C12H14ClN3O2. The highest BCUT2D eigenvalue weighted by Crippen LogP contribution is 2.17. The van der Waals surface area contributed by atoms with Crippen LogP contribution in [0.5, 0.6) is 0 Å². The second kappa shape index (κ2) is 5.27. The van der Waals surface area contributed by atoms with E-state index in [4.69, 9.17) is 16.0 Å². The third-order valence-electron chi connectivity index (χ3n) is 2.47. The minimum absolute atomic E-state index is 0.0193. The molecule has 5 nitrogen and oxygen atoms in total. The van der Waals surface area contributed by atoms with Crippen molar-refractivity contribution < 1.29 is 4.42 Å². The molecular weight excluding hydrogens is 254 g/mol. The van der Waals surface area contributed by atoms with Crippen LogP contribution in [0.25, 0.3) is 0 Å². The number of rotatable bonds is 4. The first-order valence-corrected chi connectivity index (χ1v) is 6.01. The van der Waals surface area contributed by atoms with E-state index in [0.29, 0.717) is 12.2 Å². The molecule has 6 heteroatoms. The largest absolute Gasteiger partial charge is 0.467 e.